The fraction of sp³-hybridized carbons (Fsp3) is 0. The Morgan fingerprint density at radius 3 is 1.25 bits per heavy atom. The molecule has 2 nitrogen and oxygen atoms in total. The van der Waals surface area contributed by atoms with Crippen LogP contribution < -0.4 is 0 Å². The summed E-state index contributed by atoms with van der Waals surface area (Å²) in [4.78, 5) is 0. The Morgan fingerprint density at radius 1 is 1.25 bits per heavy atom. The van der Waals surface area contributed by atoms with Crippen molar-refractivity contribution in [1.82, 2.24) is 0 Å². The first-order valence-corrected chi connectivity index (χ1v) is 1.68. The average molecular weight is 221 g/mol. The van der Waals surface area contributed by atoms with E-state index >= 15 is 0 Å². The van der Waals surface area contributed by atoms with Crippen LogP contribution in [0.2, 0.25) is 0 Å². The molecule has 0 aromatic rings. The van der Waals surface area contributed by atoms with Gasteiger partial charge in [-0.2, -0.15) is 0 Å². The predicted octanol–water partition coefficient (Wildman–Crippen LogP) is -0.240. The van der Waals surface area contributed by atoms with Gasteiger partial charge in [0.05, 0.1) is 0 Å². The van der Waals surface area contributed by atoms with E-state index in [4.69, 9.17) is 6.65 Å². The molecule has 0 spiro atoms. The van der Waals surface area contributed by atoms with Crippen LogP contribution >= 0.6 is 0 Å². The molecule has 0 aromatic heterocycles. The van der Waals surface area contributed by atoms with E-state index in [1.807, 2.05) is 0 Å². The van der Waals surface area contributed by atoms with Crippen molar-refractivity contribution in [3.8, 4) is 0 Å². The third-order valence-electron chi connectivity index (χ3n) is 0. The summed E-state index contributed by atoms with van der Waals surface area (Å²) in [6.45, 7) is 0. The van der Waals surface area contributed by atoms with Crippen LogP contribution in [0.3, 0.4) is 0 Å². The van der Waals surface area contributed by atoms with Gasteiger partial charge in [0.15, 0.2) is 0 Å². The van der Waals surface area contributed by atoms with Crippen molar-refractivity contribution in [3.63, 3.8) is 0 Å². The average Bonchev–Trinajstić information content (AvgIpc) is 0.918. The van der Waals surface area contributed by atoms with Gasteiger partial charge >= 0.3 is 25.7 Å². The Morgan fingerprint density at radius 2 is 1.25 bits per heavy atom. The number of rotatable bonds is 0. The fourth-order valence-corrected chi connectivity index (χ4v) is 0. The smallest absolute Gasteiger partial charge is 0 e. The molecule has 0 aromatic carbocycles. The van der Waals surface area contributed by atoms with Gasteiger partial charge in [0.2, 0.25) is 0 Å². The van der Waals surface area contributed by atoms with Crippen molar-refractivity contribution < 1.29 is 67.0 Å². The molecule has 0 atom stereocenters. The van der Waals surface area contributed by atoms with Gasteiger partial charge in [0, 0.05) is 41.3 Å². The quantitative estimate of drug-likeness (QED) is 0.529. The largest absolute Gasteiger partial charge is 0 e. The summed E-state index contributed by atoms with van der Waals surface area (Å²) in [6, 6.07) is 0. The zero-order valence-electron chi connectivity index (χ0n) is 1.89. The summed E-state index contributed by atoms with van der Waals surface area (Å²) in [5, 5.41) is 0. The van der Waals surface area contributed by atoms with Crippen LogP contribution in [0.4, 0.5) is 0 Å². The molecule has 4 heteroatoms. The van der Waals surface area contributed by atoms with Crippen LogP contribution in [0.5, 0.6) is 0 Å². The monoisotopic (exact) mass is 221 g/mol. The first kappa shape index (κ1) is 9.19. The maximum absolute atomic E-state index is 8.50. The molecule has 0 amide bonds. The second kappa shape index (κ2) is 8.82. The molecule has 0 saturated carbocycles. The van der Waals surface area contributed by atoms with E-state index in [-0.39, 0.29) is 41.3 Å². The second-order valence-electron chi connectivity index (χ2n) is 0.0833. The van der Waals surface area contributed by atoms with Crippen LogP contribution in [0.15, 0.2) is 0 Å². The van der Waals surface area contributed by atoms with Crippen molar-refractivity contribution in [2.75, 3.05) is 0 Å². The van der Waals surface area contributed by atoms with Gasteiger partial charge in [-0.05, 0) is 0 Å². The van der Waals surface area contributed by atoms with Crippen LogP contribution in [-0.4, -0.2) is 0 Å². The molecule has 4 heavy (non-hydrogen) atoms. The van der Waals surface area contributed by atoms with Crippen molar-refractivity contribution in [3.05, 3.63) is 0 Å². The van der Waals surface area contributed by atoms with Crippen molar-refractivity contribution in [1.29, 1.82) is 0 Å². The molecule has 0 heterocycles. The van der Waals surface area contributed by atoms with Gasteiger partial charge in [0.1, 0.15) is 0 Å². The maximum Gasteiger partial charge on any atom is 0 e. The summed E-state index contributed by atoms with van der Waals surface area (Å²) in [5.41, 5.74) is 0. The Labute approximate surface area is 65.9 Å². The Balaban J connectivity index is 0. The fourth-order valence-electron chi connectivity index (χ4n) is 0. The summed E-state index contributed by atoms with van der Waals surface area (Å²) < 4.78 is 17.0. The third-order valence-corrected chi connectivity index (χ3v) is 0. The molecule has 0 aliphatic rings. The van der Waals surface area contributed by atoms with Gasteiger partial charge < -0.3 is 0 Å². The minimum absolute atomic E-state index is 0. The maximum atomic E-state index is 8.50. The van der Waals surface area contributed by atoms with Gasteiger partial charge in [-0.25, -0.2) is 0 Å². The zero-order valence-corrected chi connectivity index (χ0v) is 7.16. The molecule has 19 valence electrons. The Hall–Kier alpha value is 1.68. The first-order chi connectivity index (χ1) is 1.41. The molecule has 0 saturated heterocycles. The first-order valence-electron chi connectivity index (χ1n) is 0.408. The van der Waals surface area contributed by atoms with E-state index in [1.165, 1.54) is 0 Å². The number of hydrogen-bond donors (Lipinski definition) is 0. The molecule has 0 fully saturated rings. The number of hydrogen-bond acceptors (Lipinski definition) is 2. The van der Waals surface area contributed by atoms with Gasteiger partial charge in [-0.3, -0.25) is 0 Å². The minimum Gasteiger partial charge on any atom is 0 e. The molecular formula is O2PrTi. The molecule has 0 aliphatic heterocycles. The SMILES string of the molecule is [O]=[Ti]=[O].[Pr]. The predicted molar refractivity (Wildman–Crippen MR) is 1.37 cm³/mol. The Kier molecular flexibility index (Phi) is 20.3. The van der Waals surface area contributed by atoms with Crippen LogP contribution in [-0.2, 0) is 25.7 Å². The van der Waals surface area contributed by atoms with Crippen LogP contribution in [0.25, 0.3) is 0 Å². The topological polar surface area (TPSA) is 34.1 Å². The minimum atomic E-state index is -2.00. The second-order valence-corrected chi connectivity index (χ2v) is 0.344. The molecule has 0 rings (SSSR count). The molecular weight excluding hydrogens is 221 g/mol. The Bertz CT molecular complexity index is 27.0. The van der Waals surface area contributed by atoms with E-state index in [0.717, 1.165) is 0 Å². The zero-order chi connectivity index (χ0) is 2.71. The van der Waals surface area contributed by atoms with Gasteiger partial charge in [0.25, 0.3) is 0 Å². The summed E-state index contributed by atoms with van der Waals surface area (Å²) in [7, 11) is 0. The van der Waals surface area contributed by atoms with E-state index in [0.29, 0.717) is 0 Å². The summed E-state index contributed by atoms with van der Waals surface area (Å²) in [5.74, 6) is 0. The normalized spacial score (nSPS) is 2.00. The van der Waals surface area contributed by atoms with Crippen LogP contribution in [0.1, 0.15) is 0 Å². The molecule has 0 unspecified atom stereocenters. The van der Waals surface area contributed by atoms with E-state index in [1.54, 1.807) is 0 Å². The van der Waals surface area contributed by atoms with Gasteiger partial charge in [-0.15, -0.1) is 0 Å². The van der Waals surface area contributed by atoms with E-state index in [9.17, 15) is 0 Å². The molecule has 1 radical (unpaired) electrons. The summed E-state index contributed by atoms with van der Waals surface area (Å²) >= 11 is -2.00. The molecule has 0 N–H and O–H groups in total. The van der Waals surface area contributed by atoms with E-state index in [2.05, 4.69) is 0 Å². The molecule has 0 bridgehead atoms. The van der Waals surface area contributed by atoms with Crippen molar-refractivity contribution in [2.24, 2.45) is 0 Å². The molecule has 0 aliphatic carbocycles. The van der Waals surface area contributed by atoms with Crippen molar-refractivity contribution in [2.45, 2.75) is 0 Å². The van der Waals surface area contributed by atoms with E-state index < -0.39 is 19.1 Å². The standard InChI is InChI=1S/2O.Pr.Ti. The van der Waals surface area contributed by atoms with Crippen molar-refractivity contribution >= 4 is 0 Å². The third kappa shape index (κ3) is 9.37. The van der Waals surface area contributed by atoms with Crippen LogP contribution in [0, 0.1) is 41.3 Å². The summed E-state index contributed by atoms with van der Waals surface area (Å²) in [6.07, 6.45) is 0. The van der Waals surface area contributed by atoms with Gasteiger partial charge in [-0.1, -0.05) is 0 Å².